The predicted octanol–water partition coefficient (Wildman–Crippen LogP) is 4.93. The number of carbonyl (C=O) groups is 4. The minimum absolute atomic E-state index is 0.00936. The van der Waals surface area contributed by atoms with Crippen LogP contribution in [0.2, 0.25) is 0 Å². The molecule has 0 heterocycles. The molecule has 41 heavy (non-hydrogen) atoms. The minimum atomic E-state index is -1.91. The summed E-state index contributed by atoms with van der Waals surface area (Å²) >= 11 is 0. The SMILES string of the molecule is CC(=O)O[C@H](C(=O)Nc1cccc([N+](=O)[O-])c1)[C@H](OC(C)=O)C(=O)Nc1ccc2ccc3cccc4ccc1c2c34. The number of non-ortho nitro benzene ring substituents is 1. The van der Waals surface area contributed by atoms with Crippen LogP contribution in [0.25, 0.3) is 32.3 Å². The van der Waals surface area contributed by atoms with Crippen molar-refractivity contribution in [3.63, 3.8) is 0 Å². The highest BCUT2D eigenvalue weighted by Gasteiger charge is 2.40. The zero-order chi connectivity index (χ0) is 29.3. The van der Waals surface area contributed by atoms with Gasteiger partial charge in [-0.05, 0) is 39.1 Å². The molecule has 5 aromatic carbocycles. The molecule has 0 saturated heterocycles. The number of rotatable bonds is 8. The first-order valence-corrected chi connectivity index (χ1v) is 12.5. The number of nitrogens with one attached hydrogen (secondary N) is 2. The van der Waals surface area contributed by atoms with Gasteiger partial charge in [-0.2, -0.15) is 0 Å². The van der Waals surface area contributed by atoms with Crippen LogP contribution in [-0.4, -0.2) is 40.9 Å². The van der Waals surface area contributed by atoms with Crippen LogP contribution < -0.4 is 10.6 Å². The zero-order valence-electron chi connectivity index (χ0n) is 21.9. The molecule has 0 spiro atoms. The number of anilines is 2. The summed E-state index contributed by atoms with van der Waals surface area (Å²) in [6, 6.07) is 22.3. The third kappa shape index (κ3) is 5.46. The lowest BCUT2D eigenvalue weighted by molar-refractivity contribution is -0.384. The van der Waals surface area contributed by atoms with Gasteiger partial charge in [0.2, 0.25) is 12.2 Å². The molecule has 0 aliphatic heterocycles. The molecule has 0 fully saturated rings. The third-order valence-electron chi connectivity index (χ3n) is 6.49. The molecule has 0 bridgehead atoms. The summed E-state index contributed by atoms with van der Waals surface area (Å²) in [5, 5.41) is 21.9. The second kappa shape index (κ2) is 10.9. The van der Waals surface area contributed by atoms with Gasteiger partial charge < -0.3 is 20.1 Å². The van der Waals surface area contributed by atoms with Crippen LogP contribution in [0.4, 0.5) is 17.1 Å². The molecule has 5 aromatic rings. The fourth-order valence-corrected chi connectivity index (χ4v) is 4.82. The highest BCUT2D eigenvalue weighted by Crippen LogP contribution is 2.37. The van der Waals surface area contributed by atoms with Crippen molar-refractivity contribution < 1.29 is 33.6 Å². The molecule has 0 saturated carbocycles. The average molecular weight is 554 g/mol. The maximum absolute atomic E-state index is 13.6. The normalized spacial score (nSPS) is 12.5. The van der Waals surface area contributed by atoms with Crippen LogP contribution in [0.15, 0.2) is 78.9 Å². The second-order valence-electron chi connectivity index (χ2n) is 9.32. The van der Waals surface area contributed by atoms with Gasteiger partial charge in [0.15, 0.2) is 0 Å². The van der Waals surface area contributed by atoms with Gasteiger partial charge in [-0.3, -0.25) is 29.3 Å². The number of esters is 2. The number of amides is 2. The molecule has 5 rings (SSSR count). The summed E-state index contributed by atoms with van der Waals surface area (Å²) in [6.45, 7) is 2.07. The van der Waals surface area contributed by atoms with Crippen LogP contribution >= 0.6 is 0 Å². The van der Waals surface area contributed by atoms with Crippen molar-refractivity contribution in [2.75, 3.05) is 10.6 Å². The van der Waals surface area contributed by atoms with Gasteiger partial charge in [0.25, 0.3) is 17.5 Å². The molecule has 0 unspecified atom stereocenters. The molecule has 0 aliphatic rings. The highest BCUT2D eigenvalue weighted by molar-refractivity contribution is 6.26. The fourth-order valence-electron chi connectivity index (χ4n) is 4.82. The molecule has 2 atom stereocenters. The number of carbonyl (C=O) groups excluding carboxylic acids is 4. The van der Waals surface area contributed by atoms with Crippen LogP contribution in [0.5, 0.6) is 0 Å². The molecule has 11 heteroatoms. The summed E-state index contributed by atoms with van der Waals surface area (Å²) < 4.78 is 10.3. The number of ether oxygens (including phenoxy) is 2. The molecule has 0 aliphatic carbocycles. The van der Waals surface area contributed by atoms with Crippen LogP contribution in [-0.2, 0) is 28.7 Å². The number of hydrogen-bond donors (Lipinski definition) is 2. The van der Waals surface area contributed by atoms with E-state index in [0.717, 1.165) is 46.8 Å². The van der Waals surface area contributed by atoms with E-state index in [2.05, 4.69) is 10.6 Å². The molecule has 206 valence electrons. The maximum Gasteiger partial charge on any atom is 0.303 e. The smallest absolute Gasteiger partial charge is 0.303 e. The summed E-state index contributed by atoms with van der Waals surface area (Å²) in [4.78, 5) is 61.2. The Bertz CT molecular complexity index is 1840. The predicted molar refractivity (Wildman–Crippen MR) is 152 cm³/mol. The second-order valence-corrected chi connectivity index (χ2v) is 9.32. The molecule has 2 N–H and O–H groups in total. The largest absolute Gasteiger partial charge is 0.448 e. The lowest BCUT2D eigenvalue weighted by Gasteiger charge is -2.25. The van der Waals surface area contributed by atoms with Crippen molar-refractivity contribution in [1.29, 1.82) is 0 Å². The summed E-state index contributed by atoms with van der Waals surface area (Å²) in [5.74, 6) is -3.77. The van der Waals surface area contributed by atoms with Crippen LogP contribution in [0.1, 0.15) is 13.8 Å². The first kappa shape index (κ1) is 27.0. The third-order valence-corrected chi connectivity index (χ3v) is 6.49. The monoisotopic (exact) mass is 553 g/mol. The highest BCUT2D eigenvalue weighted by atomic mass is 16.6. The van der Waals surface area contributed by atoms with E-state index in [4.69, 9.17) is 9.47 Å². The first-order valence-electron chi connectivity index (χ1n) is 12.5. The van der Waals surface area contributed by atoms with E-state index in [0.29, 0.717) is 11.1 Å². The lowest BCUT2D eigenvalue weighted by atomic mass is 9.93. The number of nitrogens with zero attached hydrogens (tertiary/aromatic N) is 1. The van der Waals surface area contributed by atoms with E-state index in [-0.39, 0.29) is 11.4 Å². The Hall–Kier alpha value is -5.58. The topological polar surface area (TPSA) is 154 Å². The Morgan fingerprint density at radius 3 is 1.85 bits per heavy atom. The fraction of sp³-hybridized carbons (Fsp3) is 0.133. The van der Waals surface area contributed by atoms with E-state index < -0.39 is 40.9 Å². The Labute approximate surface area is 232 Å². The van der Waals surface area contributed by atoms with E-state index >= 15 is 0 Å². The Kier molecular flexibility index (Phi) is 7.17. The first-order chi connectivity index (χ1) is 19.6. The van der Waals surface area contributed by atoms with Crippen LogP contribution in [0, 0.1) is 10.1 Å². The van der Waals surface area contributed by atoms with Gasteiger partial charge >= 0.3 is 11.9 Å². The molecule has 0 radical (unpaired) electrons. The molecular formula is C30H23N3O8. The van der Waals surface area contributed by atoms with E-state index in [1.807, 2.05) is 48.5 Å². The standard InChI is InChI=1S/C30H23N3O8/c1-16(34)40-27(29(36)31-21-7-4-8-22(15-21)33(38)39)28(41-17(2)35)30(37)32-24-14-12-20-10-9-18-5-3-6-19-11-13-23(24)26(20)25(18)19/h3-15,27-28H,1-2H3,(H,31,36)(H,32,37)/t27-,28-/m0/s1. The summed E-state index contributed by atoms with van der Waals surface area (Å²) in [5.41, 5.74) is 0.101. The molecule has 11 nitrogen and oxygen atoms in total. The summed E-state index contributed by atoms with van der Waals surface area (Å²) in [6.07, 6.45) is -3.79. The van der Waals surface area contributed by atoms with E-state index in [1.54, 1.807) is 6.07 Å². The van der Waals surface area contributed by atoms with Crippen molar-refractivity contribution in [3.8, 4) is 0 Å². The lowest BCUT2D eigenvalue weighted by Crippen LogP contribution is -2.49. The van der Waals surface area contributed by atoms with Crippen molar-refractivity contribution in [3.05, 3.63) is 89.0 Å². The minimum Gasteiger partial charge on any atom is -0.448 e. The van der Waals surface area contributed by atoms with Crippen molar-refractivity contribution in [2.24, 2.45) is 0 Å². The van der Waals surface area contributed by atoms with Gasteiger partial charge in [-0.25, -0.2) is 0 Å². The van der Waals surface area contributed by atoms with Gasteiger partial charge in [0.1, 0.15) is 0 Å². The Morgan fingerprint density at radius 2 is 1.24 bits per heavy atom. The van der Waals surface area contributed by atoms with Crippen molar-refractivity contribution >= 4 is 73.1 Å². The van der Waals surface area contributed by atoms with Crippen molar-refractivity contribution in [1.82, 2.24) is 0 Å². The van der Waals surface area contributed by atoms with E-state index in [9.17, 15) is 29.3 Å². The van der Waals surface area contributed by atoms with Crippen LogP contribution in [0.3, 0.4) is 0 Å². The molecule has 0 aromatic heterocycles. The Balaban J connectivity index is 1.50. The molecular weight excluding hydrogens is 530 g/mol. The number of hydrogen-bond acceptors (Lipinski definition) is 8. The van der Waals surface area contributed by atoms with Gasteiger partial charge in [0.05, 0.1) is 4.92 Å². The number of nitro benzene ring substituents is 1. The average Bonchev–Trinajstić information content (AvgIpc) is 2.94. The zero-order valence-corrected chi connectivity index (χ0v) is 21.9. The number of nitro groups is 1. The maximum atomic E-state index is 13.6. The summed E-state index contributed by atoms with van der Waals surface area (Å²) in [7, 11) is 0. The molecule has 2 amide bonds. The van der Waals surface area contributed by atoms with Gasteiger partial charge in [-0.1, -0.05) is 54.6 Å². The van der Waals surface area contributed by atoms with Gasteiger partial charge in [-0.15, -0.1) is 0 Å². The van der Waals surface area contributed by atoms with Crippen molar-refractivity contribution in [2.45, 2.75) is 26.1 Å². The van der Waals surface area contributed by atoms with E-state index in [1.165, 1.54) is 18.2 Å². The quantitative estimate of drug-likeness (QED) is 0.119. The van der Waals surface area contributed by atoms with Gasteiger partial charge in [0, 0.05) is 42.7 Å². The Morgan fingerprint density at radius 1 is 0.707 bits per heavy atom. The number of benzene rings is 5.